The van der Waals surface area contributed by atoms with Gasteiger partial charge in [-0.25, -0.2) is 4.79 Å². The highest BCUT2D eigenvalue weighted by Crippen LogP contribution is 2.37. The molecule has 0 unspecified atom stereocenters. The highest BCUT2D eigenvalue weighted by Gasteiger charge is 2.22. The Kier molecular flexibility index (Phi) is 5.34. The van der Waals surface area contributed by atoms with Crippen molar-refractivity contribution in [1.29, 1.82) is 0 Å². The lowest BCUT2D eigenvalue weighted by Crippen LogP contribution is -2.15. The maximum atomic E-state index is 11.5. The lowest BCUT2D eigenvalue weighted by molar-refractivity contribution is 0.0695. The Labute approximate surface area is 170 Å². The number of aromatic nitrogens is 3. The van der Waals surface area contributed by atoms with Crippen LogP contribution in [0, 0.1) is 0 Å². The van der Waals surface area contributed by atoms with Gasteiger partial charge in [0.1, 0.15) is 0 Å². The number of rotatable bonds is 6. The normalized spacial score (nSPS) is 15.7. The predicted octanol–water partition coefficient (Wildman–Crippen LogP) is 4.33. The molecule has 2 heterocycles. The molecular weight excluding hydrogens is 364 g/mol. The minimum absolute atomic E-state index is 0.364. The molecule has 3 aromatic rings. The van der Waals surface area contributed by atoms with Crippen molar-refractivity contribution in [2.24, 2.45) is 7.05 Å². The van der Waals surface area contributed by atoms with E-state index in [0.29, 0.717) is 11.5 Å². The van der Waals surface area contributed by atoms with E-state index in [4.69, 9.17) is 0 Å². The van der Waals surface area contributed by atoms with Crippen molar-refractivity contribution in [1.82, 2.24) is 14.8 Å². The van der Waals surface area contributed by atoms with Crippen molar-refractivity contribution >= 4 is 17.5 Å². The minimum atomic E-state index is -0.881. The van der Waals surface area contributed by atoms with Crippen LogP contribution in [-0.2, 0) is 19.9 Å². The van der Waals surface area contributed by atoms with Crippen LogP contribution in [0.5, 0.6) is 0 Å². The fourth-order valence-corrected chi connectivity index (χ4v) is 4.29. The molecule has 0 aliphatic heterocycles. The van der Waals surface area contributed by atoms with E-state index in [1.807, 2.05) is 31.0 Å². The summed E-state index contributed by atoms with van der Waals surface area (Å²) in [4.78, 5) is 17.7. The summed E-state index contributed by atoms with van der Waals surface area (Å²) in [5.41, 5.74) is 5.12. The third kappa shape index (κ3) is 4.01. The fourth-order valence-electron chi connectivity index (χ4n) is 4.29. The second-order valence-corrected chi connectivity index (χ2v) is 7.76. The highest BCUT2D eigenvalue weighted by atomic mass is 16.4. The number of aromatic carboxylic acids is 1. The van der Waals surface area contributed by atoms with E-state index < -0.39 is 5.97 Å². The molecule has 29 heavy (non-hydrogen) atoms. The van der Waals surface area contributed by atoms with Crippen LogP contribution in [0.15, 0.2) is 48.9 Å². The Bertz CT molecular complexity index is 1030. The number of nitrogens with zero attached hydrogens (tertiary/aromatic N) is 4. The molecular formula is C23H26N4O2. The molecule has 0 spiro atoms. The number of carboxylic acids is 1. The van der Waals surface area contributed by atoms with Gasteiger partial charge in [0.25, 0.3) is 0 Å². The summed E-state index contributed by atoms with van der Waals surface area (Å²) in [5.74, 6) is 0.501. The number of pyridine rings is 1. The van der Waals surface area contributed by atoms with E-state index in [2.05, 4.69) is 33.2 Å². The first kappa shape index (κ1) is 19.2. The Morgan fingerprint density at radius 3 is 2.93 bits per heavy atom. The number of benzene rings is 1. The smallest absolute Gasteiger partial charge is 0.336 e. The van der Waals surface area contributed by atoms with Gasteiger partial charge in [0.15, 0.2) is 5.82 Å². The zero-order chi connectivity index (χ0) is 20.4. The molecule has 0 bridgehead atoms. The van der Waals surface area contributed by atoms with Gasteiger partial charge in [-0.3, -0.25) is 9.67 Å². The Morgan fingerprint density at radius 1 is 1.31 bits per heavy atom. The lowest BCUT2D eigenvalue weighted by Gasteiger charge is -2.27. The molecule has 1 aliphatic carbocycles. The molecule has 150 valence electrons. The van der Waals surface area contributed by atoms with Crippen LogP contribution >= 0.6 is 0 Å². The van der Waals surface area contributed by atoms with E-state index in [-0.39, 0.29) is 0 Å². The monoisotopic (exact) mass is 390 g/mol. The Balaban J connectivity index is 1.52. The number of carboxylic acid groups (broad SMARTS) is 1. The van der Waals surface area contributed by atoms with Gasteiger partial charge in [0.05, 0.1) is 5.56 Å². The average molecular weight is 390 g/mol. The fraction of sp³-hybridized carbons (Fsp3) is 0.348. The van der Waals surface area contributed by atoms with E-state index in [0.717, 1.165) is 49.2 Å². The largest absolute Gasteiger partial charge is 0.478 e. The molecule has 1 atom stereocenters. The third-order valence-electron chi connectivity index (χ3n) is 5.89. The van der Waals surface area contributed by atoms with Gasteiger partial charge >= 0.3 is 5.97 Å². The molecule has 4 rings (SSSR count). The minimum Gasteiger partial charge on any atom is -0.478 e. The van der Waals surface area contributed by atoms with Gasteiger partial charge < -0.3 is 10.0 Å². The topological polar surface area (TPSA) is 71.2 Å². The maximum absolute atomic E-state index is 11.5. The molecule has 1 aromatic carbocycles. The van der Waals surface area contributed by atoms with Crippen molar-refractivity contribution in [3.8, 4) is 0 Å². The third-order valence-corrected chi connectivity index (χ3v) is 5.89. The standard InChI is InChI=1S/C23H26N4O2/c1-26-13-11-22(25-26)27(2)19-8-9-20-16(4-3-5-17(20)14-19)6-7-18-15-24-12-10-21(18)23(28)29/h8-16H,3-7H2,1-2H3,(H,28,29)/t16-/m0/s1. The van der Waals surface area contributed by atoms with E-state index >= 15 is 0 Å². The lowest BCUT2D eigenvalue weighted by atomic mass is 9.79. The van der Waals surface area contributed by atoms with Gasteiger partial charge in [0.2, 0.25) is 0 Å². The first-order chi connectivity index (χ1) is 14.0. The average Bonchev–Trinajstić information content (AvgIpc) is 3.17. The van der Waals surface area contributed by atoms with Crippen molar-refractivity contribution < 1.29 is 9.90 Å². The van der Waals surface area contributed by atoms with Crippen LogP contribution in [0.2, 0.25) is 0 Å². The summed E-state index contributed by atoms with van der Waals surface area (Å²) in [5, 5.41) is 13.9. The number of fused-ring (bicyclic) bond motifs is 1. The molecule has 1 N–H and O–H groups in total. The predicted molar refractivity (Wildman–Crippen MR) is 113 cm³/mol. The second-order valence-electron chi connectivity index (χ2n) is 7.76. The SMILES string of the molecule is CN(c1ccc2c(c1)CCC[C@H]2CCc1cnccc1C(=O)O)c1ccn(C)n1. The molecule has 0 fully saturated rings. The van der Waals surface area contributed by atoms with Gasteiger partial charge in [-0.15, -0.1) is 0 Å². The molecule has 0 radical (unpaired) electrons. The number of hydrogen-bond acceptors (Lipinski definition) is 4. The maximum Gasteiger partial charge on any atom is 0.336 e. The van der Waals surface area contributed by atoms with Gasteiger partial charge in [-0.1, -0.05) is 6.07 Å². The van der Waals surface area contributed by atoms with Crippen LogP contribution in [0.1, 0.15) is 52.2 Å². The van der Waals surface area contributed by atoms with Crippen LogP contribution in [0.3, 0.4) is 0 Å². The van der Waals surface area contributed by atoms with E-state index in [9.17, 15) is 9.90 Å². The molecule has 0 saturated heterocycles. The summed E-state index contributed by atoms with van der Waals surface area (Å²) in [6, 6.07) is 10.3. The van der Waals surface area contributed by atoms with E-state index in [1.165, 1.54) is 11.1 Å². The molecule has 1 aliphatic rings. The summed E-state index contributed by atoms with van der Waals surface area (Å²) in [6.07, 6.45) is 10.2. The summed E-state index contributed by atoms with van der Waals surface area (Å²) in [6.45, 7) is 0. The second kappa shape index (κ2) is 8.07. The number of carbonyl (C=O) groups is 1. The van der Waals surface area contributed by atoms with Crippen molar-refractivity contribution in [3.05, 3.63) is 71.2 Å². The number of aryl methyl sites for hydroxylation is 3. The van der Waals surface area contributed by atoms with Gasteiger partial charge in [0, 0.05) is 44.4 Å². The van der Waals surface area contributed by atoms with Crippen LogP contribution in [0.25, 0.3) is 0 Å². The zero-order valence-corrected chi connectivity index (χ0v) is 16.9. The summed E-state index contributed by atoms with van der Waals surface area (Å²) < 4.78 is 1.81. The summed E-state index contributed by atoms with van der Waals surface area (Å²) in [7, 11) is 3.97. The van der Waals surface area contributed by atoms with Gasteiger partial charge in [-0.2, -0.15) is 5.10 Å². The first-order valence-electron chi connectivity index (χ1n) is 10.1. The quantitative estimate of drug-likeness (QED) is 0.678. The number of hydrogen-bond donors (Lipinski definition) is 1. The first-order valence-corrected chi connectivity index (χ1v) is 10.1. The molecule has 0 amide bonds. The Morgan fingerprint density at radius 2 is 2.17 bits per heavy atom. The molecule has 6 heteroatoms. The summed E-state index contributed by atoms with van der Waals surface area (Å²) >= 11 is 0. The highest BCUT2D eigenvalue weighted by molar-refractivity contribution is 5.89. The van der Waals surface area contributed by atoms with Crippen LogP contribution in [-0.4, -0.2) is 32.9 Å². The molecule has 2 aromatic heterocycles. The van der Waals surface area contributed by atoms with E-state index in [1.54, 1.807) is 18.5 Å². The van der Waals surface area contributed by atoms with Crippen molar-refractivity contribution in [3.63, 3.8) is 0 Å². The van der Waals surface area contributed by atoms with Crippen LogP contribution < -0.4 is 4.90 Å². The van der Waals surface area contributed by atoms with Crippen molar-refractivity contribution in [2.75, 3.05) is 11.9 Å². The molecule has 0 saturated carbocycles. The van der Waals surface area contributed by atoms with Gasteiger partial charge in [-0.05, 0) is 72.9 Å². The number of anilines is 2. The van der Waals surface area contributed by atoms with Crippen molar-refractivity contribution in [2.45, 2.75) is 38.0 Å². The molecule has 6 nitrogen and oxygen atoms in total. The Hall–Kier alpha value is -3.15. The van der Waals surface area contributed by atoms with Crippen LogP contribution in [0.4, 0.5) is 11.5 Å². The zero-order valence-electron chi connectivity index (χ0n) is 16.9.